The first kappa shape index (κ1) is 18.8. The summed E-state index contributed by atoms with van der Waals surface area (Å²) in [5, 5.41) is 11.4. The van der Waals surface area contributed by atoms with E-state index in [4.69, 9.17) is 9.47 Å². The van der Waals surface area contributed by atoms with Crippen LogP contribution in [-0.2, 0) is 4.79 Å². The van der Waals surface area contributed by atoms with E-state index in [2.05, 4.69) is 0 Å². The van der Waals surface area contributed by atoms with Gasteiger partial charge in [-0.15, -0.1) is 0 Å². The van der Waals surface area contributed by atoms with Gasteiger partial charge in [-0.25, -0.2) is 4.79 Å². The Labute approximate surface area is 168 Å². The maximum absolute atomic E-state index is 12.9. The van der Waals surface area contributed by atoms with Gasteiger partial charge in [-0.2, -0.15) is 0 Å². The molecule has 1 heterocycles. The number of fused-ring (bicyclic) bond motifs is 2. The van der Waals surface area contributed by atoms with Crippen LogP contribution in [0.4, 0.5) is 5.69 Å². The smallest absolute Gasteiger partial charge is 0.335 e. The zero-order valence-corrected chi connectivity index (χ0v) is 16.2. The molecule has 1 aliphatic heterocycles. The van der Waals surface area contributed by atoms with E-state index in [1.807, 2.05) is 42.5 Å². The maximum atomic E-state index is 12.9. The molecule has 0 aliphatic carbocycles. The lowest BCUT2D eigenvalue weighted by molar-refractivity contribution is -0.132. The third-order valence-electron chi connectivity index (χ3n) is 4.94. The Balaban J connectivity index is 1.59. The second kappa shape index (κ2) is 7.13. The van der Waals surface area contributed by atoms with Crippen LogP contribution in [0.3, 0.4) is 0 Å². The van der Waals surface area contributed by atoms with Crippen molar-refractivity contribution in [2.45, 2.75) is 19.4 Å². The molecular weight excluding hydrogens is 370 g/mol. The van der Waals surface area contributed by atoms with E-state index < -0.39 is 11.6 Å². The molecule has 3 aromatic rings. The first-order valence-corrected chi connectivity index (χ1v) is 9.36. The number of ether oxygens (including phenoxy) is 2. The molecule has 0 radical (unpaired) electrons. The Hall–Kier alpha value is -3.54. The fraction of sp³-hybridized carbons (Fsp3) is 0.217. The number of carboxylic acids is 1. The lowest BCUT2D eigenvalue weighted by Gasteiger charge is -2.38. The quantitative estimate of drug-likeness (QED) is 0.708. The van der Waals surface area contributed by atoms with Crippen LogP contribution >= 0.6 is 0 Å². The summed E-state index contributed by atoms with van der Waals surface area (Å²) < 4.78 is 11.8. The number of anilines is 1. The first-order chi connectivity index (χ1) is 13.9. The van der Waals surface area contributed by atoms with Gasteiger partial charge in [0, 0.05) is 5.39 Å². The van der Waals surface area contributed by atoms with Gasteiger partial charge in [-0.1, -0.05) is 36.4 Å². The molecule has 0 atom stereocenters. The molecule has 0 aromatic heterocycles. The number of carbonyl (C=O) groups excluding carboxylic acids is 1. The Morgan fingerprint density at radius 3 is 2.66 bits per heavy atom. The van der Waals surface area contributed by atoms with Crippen LogP contribution in [-0.4, -0.2) is 35.7 Å². The largest absolute Gasteiger partial charge is 0.491 e. The molecule has 6 heteroatoms. The summed E-state index contributed by atoms with van der Waals surface area (Å²) in [4.78, 5) is 25.8. The summed E-state index contributed by atoms with van der Waals surface area (Å²) in [5.41, 5.74) is -0.507. The van der Waals surface area contributed by atoms with E-state index in [0.29, 0.717) is 11.4 Å². The molecule has 6 nitrogen and oxygen atoms in total. The fourth-order valence-electron chi connectivity index (χ4n) is 3.49. The van der Waals surface area contributed by atoms with Crippen molar-refractivity contribution in [3.05, 3.63) is 66.2 Å². The highest BCUT2D eigenvalue weighted by Crippen LogP contribution is 2.38. The van der Waals surface area contributed by atoms with E-state index in [9.17, 15) is 14.7 Å². The van der Waals surface area contributed by atoms with Gasteiger partial charge in [-0.3, -0.25) is 4.79 Å². The van der Waals surface area contributed by atoms with E-state index in [0.717, 1.165) is 16.5 Å². The minimum Gasteiger partial charge on any atom is -0.491 e. The van der Waals surface area contributed by atoms with Crippen LogP contribution in [0.15, 0.2) is 60.7 Å². The average molecular weight is 391 g/mol. The zero-order valence-electron chi connectivity index (χ0n) is 16.2. The first-order valence-electron chi connectivity index (χ1n) is 9.36. The highest BCUT2D eigenvalue weighted by molar-refractivity contribution is 6.03. The molecule has 3 aromatic carbocycles. The normalized spacial score (nSPS) is 15.0. The summed E-state index contributed by atoms with van der Waals surface area (Å²) in [6.45, 7) is 3.92. The number of aromatic carboxylic acids is 1. The standard InChI is InChI=1S/C23H21NO5/c1-23(2)22(27)24(18-14-16(21(25)26)10-11-20(18)29-23)12-13-28-19-9-5-7-15-6-3-4-8-17(15)19/h3-11,14H,12-13H2,1-2H3,(H,25,26). The number of benzene rings is 3. The minimum atomic E-state index is -1.06. The van der Waals surface area contributed by atoms with Gasteiger partial charge >= 0.3 is 5.97 Å². The minimum absolute atomic E-state index is 0.0971. The number of nitrogens with zero attached hydrogens (tertiary/aromatic N) is 1. The topological polar surface area (TPSA) is 76.1 Å². The SMILES string of the molecule is CC1(C)Oc2ccc(C(=O)O)cc2N(CCOc2cccc3ccccc23)C1=O. The second-order valence-corrected chi connectivity index (χ2v) is 7.38. The summed E-state index contributed by atoms with van der Waals surface area (Å²) in [6, 6.07) is 18.3. The van der Waals surface area contributed by atoms with Gasteiger partial charge in [0.05, 0.1) is 17.8 Å². The lowest BCUT2D eigenvalue weighted by Crippen LogP contribution is -2.53. The average Bonchev–Trinajstić information content (AvgIpc) is 2.70. The van der Waals surface area contributed by atoms with Gasteiger partial charge in [0.25, 0.3) is 5.91 Å². The predicted octanol–water partition coefficient (Wildman–Crippen LogP) is 4.12. The third-order valence-corrected chi connectivity index (χ3v) is 4.94. The van der Waals surface area contributed by atoms with Crippen molar-refractivity contribution in [2.24, 2.45) is 0 Å². The van der Waals surface area contributed by atoms with Crippen molar-refractivity contribution in [2.75, 3.05) is 18.1 Å². The summed E-state index contributed by atoms with van der Waals surface area (Å²) in [6.07, 6.45) is 0. The molecule has 0 saturated heterocycles. The zero-order chi connectivity index (χ0) is 20.6. The maximum Gasteiger partial charge on any atom is 0.335 e. The second-order valence-electron chi connectivity index (χ2n) is 7.38. The van der Waals surface area contributed by atoms with Crippen LogP contribution in [0, 0.1) is 0 Å². The molecule has 0 unspecified atom stereocenters. The van der Waals surface area contributed by atoms with E-state index >= 15 is 0 Å². The lowest BCUT2D eigenvalue weighted by atomic mass is 10.0. The van der Waals surface area contributed by atoms with Crippen molar-refractivity contribution < 1.29 is 24.2 Å². The van der Waals surface area contributed by atoms with Crippen LogP contribution in [0.25, 0.3) is 10.8 Å². The molecule has 0 saturated carbocycles. The van der Waals surface area contributed by atoms with E-state index in [1.54, 1.807) is 19.9 Å². The Bertz CT molecular complexity index is 1100. The van der Waals surface area contributed by atoms with Gasteiger partial charge in [0.2, 0.25) is 0 Å². The summed E-state index contributed by atoms with van der Waals surface area (Å²) in [7, 11) is 0. The molecule has 0 bridgehead atoms. The number of hydrogen-bond donors (Lipinski definition) is 1. The van der Waals surface area contributed by atoms with Crippen molar-refractivity contribution in [1.82, 2.24) is 0 Å². The number of amides is 1. The Morgan fingerprint density at radius 2 is 1.86 bits per heavy atom. The molecule has 1 N–H and O–H groups in total. The summed E-state index contributed by atoms with van der Waals surface area (Å²) in [5.74, 6) is -0.0848. The van der Waals surface area contributed by atoms with Crippen LogP contribution < -0.4 is 14.4 Å². The third kappa shape index (κ3) is 3.49. The van der Waals surface area contributed by atoms with Crippen molar-refractivity contribution >= 4 is 28.3 Å². The molecule has 4 rings (SSSR count). The Kier molecular flexibility index (Phi) is 4.62. The summed E-state index contributed by atoms with van der Waals surface area (Å²) >= 11 is 0. The van der Waals surface area contributed by atoms with E-state index in [-0.39, 0.29) is 24.6 Å². The van der Waals surface area contributed by atoms with Gasteiger partial charge < -0.3 is 19.5 Å². The molecule has 0 spiro atoms. The van der Waals surface area contributed by atoms with Crippen molar-refractivity contribution in [3.8, 4) is 11.5 Å². The Morgan fingerprint density at radius 1 is 1.10 bits per heavy atom. The van der Waals surface area contributed by atoms with Crippen LogP contribution in [0.5, 0.6) is 11.5 Å². The van der Waals surface area contributed by atoms with Crippen molar-refractivity contribution in [1.29, 1.82) is 0 Å². The van der Waals surface area contributed by atoms with Gasteiger partial charge in [-0.05, 0) is 43.5 Å². The van der Waals surface area contributed by atoms with Crippen LogP contribution in [0.1, 0.15) is 24.2 Å². The fourth-order valence-corrected chi connectivity index (χ4v) is 3.49. The molecule has 1 amide bonds. The molecule has 29 heavy (non-hydrogen) atoms. The number of carboxylic acid groups (broad SMARTS) is 1. The highest BCUT2D eigenvalue weighted by Gasteiger charge is 2.41. The van der Waals surface area contributed by atoms with Gasteiger partial charge in [0.1, 0.15) is 18.1 Å². The predicted molar refractivity (Wildman–Crippen MR) is 110 cm³/mol. The molecule has 148 valence electrons. The number of carbonyl (C=O) groups is 2. The van der Waals surface area contributed by atoms with Gasteiger partial charge in [0.15, 0.2) is 5.60 Å². The number of hydrogen-bond acceptors (Lipinski definition) is 4. The van der Waals surface area contributed by atoms with E-state index in [1.165, 1.54) is 17.0 Å². The van der Waals surface area contributed by atoms with Crippen molar-refractivity contribution in [3.63, 3.8) is 0 Å². The molecular formula is C23H21NO5. The molecule has 1 aliphatic rings. The number of rotatable bonds is 5. The monoisotopic (exact) mass is 391 g/mol. The molecule has 0 fully saturated rings. The van der Waals surface area contributed by atoms with Crippen LogP contribution in [0.2, 0.25) is 0 Å². The highest BCUT2D eigenvalue weighted by atomic mass is 16.5.